The van der Waals surface area contributed by atoms with Crippen molar-refractivity contribution in [1.29, 1.82) is 0 Å². The Balaban J connectivity index is 1.54. The zero-order valence-electron chi connectivity index (χ0n) is 14.5. The molecule has 25 heavy (non-hydrogen) atoms. The normalized spacial score (nSPS) is 11.1. The van der Waals surface area contributed by atoms with Crippen molar-refractivity contribution in [3.05, 3.63) is 42.5 Å². The standard InChI is InChI=1S/C20H24N2O3/c1-22-18-9-6-5-8-16(18)17-12-11-15(14-19(17)22)25-13-7-3-2-4-10-20(23)21-24/h5-6,8-9,11-12,14,24H,2-4,7,10,13H2,1H3,(H,21,23). The van der Waals surface area contributed by atoms with Crippen LogP contribution in [-0.4, -0.2) is 22.3 Å². The molecule has 0 fully saturated rings. The number of para-hydroxylation sites is 1. The molecule has 3 rings (SSSR count). The molecule has 0 aliphatic heterocycles. The number of aryl methyl sites for hydroxylation is 1. The van der Waals surface area contributed by atoms with Crippen LogP contribution >= 0.6 is 0 Å². The molecule has 0 radical (unpaired) electrons. The van der Waals surface area contributed by atoms with E-state index in [4.69, 9.17) is 9.94 Å². The van der Waals surface area contributed by atoms with Crippen LogP contribution in [0.2, 0.25) is 0 Å². The van der Waals surface area contributed by atoms with Crippen molar-refractivity contribution in [3.63, 3.8) is 0 Å². The fraction of sp³-hybridized carbons (Fsp3) is 0.350. The molecule has 0 saturated carbocycles. The number of nitrogens with one attached hydrogen (secondary N) is 1. The van der Waals surface area contributed by atoms with E-state index >= 15 is 0 Å². The third-order valence-corrected chi connectivity index (χ3v) is 4.58. The van der Waals surface area contributed by atoms with Gasteiger partial charge in [0.25, 0.3) is 0 Å². The molecule has 1 aromatic heterocycles. The number of hydrogen-bond donors (Lipinski definition) is 2. The van der Waals surface area contributed by atoms with Gasteiger partial charge in [0.2, 0.25) is 5.91 Å². The zero-order valence-corrected chi connectivity index (χ0v) is 14.5. The van der Waals surface area contributed by atoms with Crippen LogP contribution in [0.15, 0.2) is 42.5 Å². The molecule has 0 bridgehead atoms. The van der Waals surface area contributed by atoms with Crippen LogP contribution in [0.1, 0.15) is 32.1 Å². The first-order valence-electron chi connectivity index (χ1n) is 8.73. The van der Waals surface area contributed by atoms with Crippen LogP contribution in [0, 0.1) is 0 Å². The zero-order chi connectivity index (χ0) is 17.6. The molecule has 2 N–H and O–H groups in total. The number of nitrogens with zero attached hydrogens (tertiary/aromatic N) is 1. The van der Waals surface area contributed by atoms with Gasteiger partial charge in [-0.1, -0.05) is 31.0 Å². The van der Waals surface area contributed by atoms with Crippen LogP contribution in [0.25, 0.3) is 21.8 Å². The van der Waals surface area contributed by atoms with Gasteiger partial charge in [-0.2, -0.15) is 0 Å². The monoisotopic (exact) mass is 340 g/mol. The molecule has 132 valence electrons. The summed E-state index contributed by atoms with van der Waals surface area (Å²) in [6.45, 7) is 0.668. The van der Waals surface area contributed by atoms with Gasteiger partial charge in [-0.3, -0.25) is 10.0 Å². The molecule has 0 atom stereocenters. The number of unbranched alkanes of at least 4 members (excludes halogenated alkanes) is 3. The quantitative estimate of drug-likeness (QED) is 0.367. The lowest BCUT2D eigenvalue weighted by Crippen LogP contribution is -2.17. The van der Waals surface area contributed by atoms with E-state index in [9.17, 15) is 4.79 Å². The lowest BCUT2D eigenvalue weighted by Gasteiger charge is -2.07. The Morgan fingerprint density at radius 1 is 1.04 bits per heavy atom. The summed E-state index contributed by atoms with van der Waals surface area (Å²) in [5.74, 6) is 0.567. The minimum absolute atomic E-state index is 0.320. The summed E-state index contributed by atoms with van der Waals surface area (Å²) >= 11 is 0. The lowest BCUT2D eigenvalue weighted by molar-refractivity contribution is -0.129. The Bertz CT molecular complexity index is 870. The van der Waals surface area contributed by atoms with Crippen molar-refractivity contribution < 1.29 is 14.7 Å². The SMILES string of the molecule is Cn1c2ccccc2c2ccc(OCCCCCCC(=O)NO)cc21. The molecular weight excluding hydrogens is 316 g/mol. The second-order valence-corrected chi connectivity index (χ2v) is 6.30. The molecule has 5 nitrogen and oxygen atoms in total. The number of carbonyl (C=O) groups excluding carboxylic acids is 1. The molecule has 0 saturated heterocycles. The number of hydroxylamine groups is 1. The first kappa shape index (κ1) is 17.3. The van der Waals surface area contributed by atoms with Crippen molar-refractivity contribution in [2.24, 2.45) is 7.05 Å². The largest absolute Gasteiger partial charge is 0.494 e. The number of benzene rings is 2. The summed E-state index contributed by atoms with van der Waals surface area (Å²) in [4.78, 5) is 10.9. The summed E-state index contributed by atoms with van der Waals surface area (Å²) in [7, 11) is 2.08. The maximum Gasteiger partial charge on any atom is 0.243 e. The highest BCUT2D eigenvalue weighted by Crippen LogP contribution is 2.30. The highest BCUT2D eigenvalue weighted by atomic mass is 16.5. The van der Waals surface area contributed by atoms with Crippen LogP contribution in [0.4, 0.5) is 0 Å². The van der Waals surface area contributed by atoms with Gasteiger partial charge in [-0.05, 0) is 31.0 Å². The van der Waals surface area contributed by atoms with Crippen LogP contribution < -0.4 is 10.2 Å². The van der Waals surface area contributed by atoms with Crippen LogP contribution in [0.5, 0.6) is 5.75 Å². The molecule has 0 spiro atoms. The van der Waals surface area contributed by atoms with Crippen LogP contribution in [0.3, 0.4) is 0 Å². The van der Waals surface area contributed by atoms with Crippen molar-refractivity contribution in [1.82, 2.24) is 10.0 Å². The number of ether oxygens (including phenoxy) is 1. The molecule has 2 aromatic carbocycles. The van der Waals surface area contributed by atoms with E-state index < -0.39 is 0 Å². The van der Waals surface area contributed by atoms with Crippen molar-refractivity contribution in [3.8, 4) is 5.75 Å². The smallest absolute Gasteiger partial charge is 0.243 e. The Kier molecular flexibility index (Phi) is 5.56. The fourth-order valence-electron chi connectivity index (χ4n) is 3.22. The van der Waals surface area contributed by atoms with E-state index in [0.717, 1.165) is 31.4 Å². The summed E-state index contributed by atoms with van der Waals surface area (Å²) in [6, 6.07) is 14.7. The maximum absolute atomic E-state index is 10.9. The van der Waals surface area contributed by atoms with E-state index in [1.807, 2.05) is 6.07 Å². The maximum atomic E-state index is 10.9. The van der Waals surface area contributed by atoms with E-state index in [2.05, 4.69) is 48.0 Å². The average Bonchev–Trinajstić information content (AvgIpc) is 2.93. The van der Waals surface area contributed by atoms with Gasteiger partial charge in [-0.25, -0.2) is 5.48 Å². The summed E-state index contributed by atoms with van der Waals surface area (Å²) in [5, 5.41) is 10.9. The second-order valence-electron chi connectivity index (χ2n) is 6.30. The van der Waals surface area contributed by atoms with Crippen molar-refractivity contribution >= 4 is 27.7 Å². The number of carbonyl (C=O) groups is 1. The number of hydrogen-bond acceptors (Lipinski definition) is 3. The Morgan fingerprint density at radius 3 is 2.64 bits per heavy atom. The van der Waals surface area contributed by atoms with Gasteiger partial charge in [0.15, 0.2) is 0 Å². The molecule has 1 heterocycles. The number of fused-ring (bicyclic) bond motifs is 3. The molecule has 3 aromatic rings. The van der Waals surface area contributed by atoms with Gasteiger partial charge < -0.3 is 9.30 Å². The molecular formula is C20H24N2O3. The highest BCUT2D eigenvalue weighted by molar-refractivity contribution is 6.08. The molecule has 0 unspecified atom stereocenters. The van der Waals surface area contributed by atoms with E-state index in [1.54, 1.807) is 5.48 Å². The average molecular weight is 340 g/mol. The Hall–Kier alpha value is -2.53. The minimum Gasteiger partial charge on any atom is -0.494 e. The number of aromatic nitrogens is 1. The van der Waals surface area contributed by atoms with Gasteiger partial charge in [0, 0.05) is 35.8 Å². The Labute approximate surface area is 147 Å². The molecule has 1 amide bonds. The number of amides is 1. The van der Waals surface area contributed by atoms with Crippen molar-refractivity contribution in [2.45, 2.75) is 32.1 Å². The highest BCUT2D eigenvalue weighted by Gasteiger charge is 2.08. The molecule has 0 aliphatic carbocycles. The third-order valence-electron chi connectivity index (χ3n) is 4.58. The van der Waals surface area contributed by atoms with E-state index in [1.165, 1.54) is 21.8 Å². The first-order valence-corrected chi connectivity index (χ1v) is 8.73. The fourth-order valence-corrected chi connectivity index (χ4v) is 3.22. The van der Waals surface area contributed by atoms with Gasteiger partial charge >= 0.3 is 0 Å². The topological polar surface area (TPSA) is 63.5 Å². The second kappa shape index (κ2) is 8.03. The predicted molar refractivity (Wildman–Crippen MR) is 98.9 cm³/mol. The molecule has 0 aliphatic rings. The number of rotatable bonds is 8. The third kappa shape index (κ3) is 3.94. The van der Waals surface area contributed by atoms with E-state index in [-0.39, 0.29) is 5.91 Å². The van der Waals surface area contributed by atoms with E-state index in [0.29, 0.717) is 13.0 Å². The molecule has 5 heteroatoms. The van der Waals surface area contributed by atoms with Crippen molar-refractivity contribution in [2.75, 3.05) is 6.61 Å². The minimum atomic E-state index is -0.320. The first-order chi connectivity index (χ1) is 12.2. The Morgan fingerprint density at radius 2 is 1.80 bits per heavy atom. The summed E-state index contributed by atoms with van der Waals surface area (Å²) < 4.78 is 8.08. The van der Waals surface area contributed by atoms with Gasteiger partial charge in [0.1, 0.15) is 5.75 Å². The van der Waals surface area contributed by atoms with Gasteiger partial charge in [0.05, 0.1) is 12.1 Å². The summed E-state index contributed by atoms with van der Waals surface area (Å²) in [5.41, 5.74) is 4.05. The van der Waals surface area contributed by atoms with Crippen LogP contribution in [-0.2, 0) is 11.8 Å². The summed E-state index contributed by atoms with van der Waals surface area (Å²) in [6.07, 6.45) is 4.07. The van der Waals surface area contributed by atoms with Gasteiger partial charge in [-0.15, -0.1) is 0 Å². The predicted octanol–water partition coefficient (Wildman–Crippen LogP) is 4.17. The lowest BCUT2D eigenvalue weighted by atomic mass is 10.1.